The van der Waals surface area contributed by atoms with Gasteiger partial charge in [-0.15, -0.1) is 13.2 Å². The van der Waals surface area contributed by atoms with Gasteiger partial charge in [0.05, 0.1) is 30.2 Å². The van der Waals surface area contributed by atoms with Crippen LogP contribution in [0.1, 0.15) is 22.7 Å². The molecule has 3 aromatic carbocycles. The van der Waals surface area contributed by atoms with Crippen LogP contribution in [0.2, 0.25) is 0 Å². The third kappa shape index (κ3) is 5.62. The Bertz CT molecular complexity index is 1110. The number of hydrogen-bond donors (Lipinski definition) is 0. The van der Waals surface area contributed by atoms with Gasteiger partial charge in [-0.25, -0.2) is 8.42 Å². The maximum Gasteiger partial charge on any atom is 0.244 e. The molecule has 5 heteroatoms. The molecule has 4 nitrogen and oxygen atoms in total. The number of aryl methyl sites for hydroxylation is 1. The molecule has 0 fully saturated rings. The van der Waals surface area contributed by atoms with E-state index >= 15 is 0 Å². The lowest BCUT2D eigenvalue weighted by atomic mass is 10.1. The van der Waals surface area contributed by atoms with Crippen molar-refractivity contribution in [2.24, 2.45) is 0 Å². The molecule has 0 aromatic heterocycles. The van der Waals surface area contributed by atoms with Gasteiger partial charge in [0, 0.05) is 0 Å². The summed E-state index contributed by atoms with van der Waals surface area (Å²) in [5, 5.41) is 0. The van der Waals surface area contributed by atoms with Crippen LogP contribution in [-0.2, 0) is 21.4 Å². The van der Waals surface area contributed by atoms with Crippen LogP contribution in [0.4, 0.5) is 0 Å². The van der Waals surface area contributed by atoms with E-state index in [2.05, 4.69) is 13.2 Å². The summed E-state index contributed by atoms with van der Waals surface area (Å²) in [7, 11) is -3.87. The minimum Gasteiger partial charge on any atom is -0.375 e. The monoisotopic (exact) mass is 447 g/mol. The molecule has 0 amide bonds. The first-order valence-corrected chi connectivity index (χ1v) is 11.9. The molecule has 0 aliphatic rings. The van der Waals surface area contributed by atoms with Gasteiger partial charge in [-0.1, -0.05) is 90.5 Å². The van der Waals surface area contributed by atoms with Crippen molar-refractivity contribution in [2.45, 2.75) is 30.5 Å². The third-order valence-electron chi connectivity index (χ3n) is 5.23. The molecule has 0 saturated carbocycles. The molecule has 0 aliphatic carbocycles. The van der Waals surface area contributed by atoms with E-state index in [-0.39, 0.29) is 11.5 Å². The predicted molar refractivity (Wildman–Crippen MR) is 130 cm³/mol. The van der Waals surface area contributed by atoms with Crippen LogP contribution in [0.25, 0.3) is 0 Å². The fourth-order valence-corrected chi connectivity index (χ4v) is 5.25. The summed E-state index contributed by atoms with van der Waals surface area (Å²) in [5.74, 6) is 0. The summed E-state index contributed by atoms with van der Waals surface area (Å²) < 4.78 is 35.0. The molecule has 3 rings (SSSR count). The number of nitrogens with zero attached hydrogens (tertiary/aromatic N) is 1. The number of ether oxygens (including phenoxy) is 1. The standard InChI is InChI=1S/C27H29NO3S/c1-4-25(21-31-20-23-12-8-6-9-13-23)28(27(5-2)24-14-10-7-11-15-24)32(29,30)26-18-16-22(3)17-19-26/h4-19,25,27H,1-2,20-21H2,3H3/t25?,27-/m1/s1. The molecule has 3 aromatic rings. The van der Waals surface area contributed by atoms with Crippen LogP contribution >= 0.6 is 0 Å². The molecule has 1 unspecified atom stereocenters. The van der Waals surface area contributed by atoms with Crippen LogP contribution in [0.15, 0.2) is 115 Å². The Morgan fingerprint density at radius 1 is 0.875 bits per heavy atom. The molecule has 2 atom stereocenters. The van der Waals surface area contributed by atoms with Gasteiger partial charge in [0.25, 0.3) is 0 Å². The van der Waals surface area contributed by atoms with E-state index in [4.69, 9.17) is 4.74 Å². The first-order valence-electron chi connectivity index (χ1n) is 10.5. The summed E-state index contributed by atoms with van der Waals surface area (Å²) in [6, 6.07) is 24.9. The average molecular weight is 448 g/mol. The molecule has 0 spiro atoms. The number of hydrogen-bond acceptors (Lipinski definition) is 3. The van der Waals surface area contributed by atoms with Crippen molar-refractivity contribution in [3.8, 4) is 0 Å². The zero-order chi connectivity index (χ0) is 23.0. The lowest BCUT2D eigenvalue weighted by Crippen LogP contribution is -2.43. The van der Waals surface area contributed by atoms with Gasteiger partial charge in [-0.2, -0.15) is 4.31 Å². The molecule has 0 bridgehead atoms. The predicted octanol–water partition coefficient (Wildman–Crippen LogP) is 5.68. The van der Waals surface area contributed by atoms with E-state index in [1.165, 1.54) is 4.31 Å². The molecule has 32 heavy (non-hydrogen) atoms. The van der Waals surface area contributed by atoms with Gasteiger partial charge in [0.1, 0.15) is 0 Å². The molecule has 0 N–H and O–H groups in total. The second-order valence-corrected chi connectivity index (χ2v) is 9.39. The summed E-state index contributed by atoms with van der Waals surface area (Å²) in [4.78, 5) is 0.223. The third-order valence-corrected chi connectivity index (χ3v) is 7.15. The molecule has 0 saturated heterocycles. The van der Waals surface area contributed by atoms with Gasteiger partial charge >= 0.3 is 0 Å². The zero-order valence-electron chi connectivity index (χ0n) is 18.3. The van der Waals surface area contributed by atoms with Gasteiger partial charge in [0.15, 0.2) is 0 Å². The SMILES string of the molecule is C=CC(COCc1ccccc1)N([C@H](C=C)c1ccccc1)S(=O)(=O)c1ccc(C)cc1. The van der Waals surface area contributed by atoms with E-state index in [0.29, 0.717) is 6.61 Å². The Morgan fingerprint density at radius 2 is 1.47 bits per heavy atom. The highest BCUT2D eigenvalue weighted by Gasteiger charge is 2.36. The first-order chi connectivity index (χ1) is 15.5. The normalized spacial score (nSPS) is 13.4. The maximum absolute atomic E-state index is 13.8. The molecular formula is C27H29NO3S. The van der Waals surface area contributed by atoms with E-state index in [0.717, 1.165) is 16.7 Å². The van der Waals surface area contributed by atoms with Crippen molar-refractivity contribution in [2.75, 3.05) is 6.61 Å². The van der Waals surface area contributed by atoms with Gasteiger partial charge in [-0.05, 0) is 30.2 Å². The van der Waals surface area contributed by atoms with Crippen LogP contribution < -0.4 is 0 Å². The average Bonchev–Trinajstić information content (AvgIpc) is 2.82. The number of sulfonamides is 1. The van der Waals surface area contributed by atoms with Crippen molar-refractivity contribution in [1.29, 1.82) is 0 Å². The van der Waals surface area contributed by atoms with Crippen LogP contribution in [0.3, 0.4) is 0 Å². The second kappa shape index (κ2) is 11.0. The van der Waals surface area contributed by atoms with Gasteiger partial charge in [0.2, 0.25) is 10.0 Å². The lowest BCUT2D eigenvalue weighted by molar-refractivity contribution is 0.0859. The molecule has 0 heterocycles. The van der Waals surface area contributed by atoms with Crippen molar-refractivity contribution >= 4 is 10.0 Å². The molecule has 166 valence electrons. The minimum absolute atomic E-state index is 0.167. The van der Waals surface area contributed by atoms with Gasteiger partial charge < -0.3 is 4.74 Å². The largest absolute Gasteiger partial charge is 0.375 e. The topological polar surface area (TPSA) is 46.6 Å². The van der Waals surface area contributed by atoms with Crippen LogP contribution in [0.5, 0.6) is 0 Å². The Balaban J connectivity index is 1.97. The van der Waals surface area contributed by atoms with E-state index in [9.17, 15) is 8.42 Å². The highest BCUT2D eigenvalue weighted by molar-refractivity contribution is 7.89. The van der Waals surface area contributed by atoms with E-state index in [1.54, 1.807) is 36.4 Å². The Hall–Kier alpha value is -2.99. The second-order valence-electron chi connectivity index (χ2n) is 7.54. The minimum atomic E-state index is -3.87. The van der Waals surface area contributed by atoms with E-state index < -0.39 is 22.1 Å². The van der Waals surface area contributed by atoms with Crippen molar-refractivity contribution in [3.05, 3.63) is 127 Å². The van der Waals surface area contributed by atoms with Gasteiger partial charge in [-0.3, -0.25) is 0 Å². The Kier molecular flexibility index (Phi) is 8.17. The molecule has 0 aliphatic heterocycles. The fraction of sp³-hybridized carbons (Fsp3) is 0.185. The van der Waals surface area contributed by atoms with E-state index in [1.807, 2.05) is 67.6 Å². The fourth-order valence-electron chi connectivity index (χ4n) is 3.52. The van der Waals surface area contributed by atoms with Crippen LogP contribution in [-0.4, -0.2) is 25.4 Å². The lowest BCUT2D eigenvalue weighted by Gasteiger charge is -2.34. The van der Waals surface area contributed by atoms with Crippen molar-refractivity contribution in [1.82, 2.24) is 4.31 Å². The summed E-state index contributed by atoms with van der Waals surface area (Å²) in [5.41, 5.74) is 2.84. The molecule has 0 radical (unpaired) electrons. The number of benzene rings is 3. The Morgan fingerprint density at radius 3 is 2.03 bits per heavy atom. The smallest absolute Gasteiger partial charge is 0.244 e. The summed E-state index contributed by atoms with van der Waals surface area (Å²) in [6.45, 7) is 10.3. The Labute approximate surface area is 191 Å². The highest BCUT2D eigenvalue weighted by Crippen LogP contribution is 2.31. The first kappa shape index (κ1) is 23.7. The number of rotatable bonds is 11. The maximum atomic E-state index is 13.8. The quantitative estimate of drug-likeness (QED) is 0.355. The van der Waals surface area contributed by atoms with Crippen molar-refractivity contribution < 1.29 is 13.2 Å². The molecular weight excluding hydrogens is 418 g/mol. The summed E-state index contributed by atoms with van der Waals surface area (Å²) >= 11 is 0. The van der Waals surface area contributed by atoms with Crippen molar-refractivity contribution in [3.63, 3.8) is 0 Å². The van der Waals surface area contributed by atoms with Crippen LogP contribution in [0, 0.1) is 6.92 Å². The zero-order valence-corrected chi connectivity index (χ0v) is 19.1. The highest BCUT2D eigenvalue weighted by atomic mass is 32.2. The summed E-state index contributed by atoms with van der Waals surface area (Å²) in [6.07, 6.45) is 3.27.